The van der Waals surface area contributed by atoms with E-state index in [4.69, 9.17) is 0 Å². The first kappa shape index (κ1) is 18.2. The van der Waals surface area contributed by atoms with Crippen LogP contribution in [0.15, 0.2) is 24.3 Å². The number of sulfonamides is 1. The van der Waals surface area contributed by atoms with Gasteiger partial charge in [-0.15, -0.1) is 0 Å². The molecule has 0 saturated carbocycles. The molecule has 1 aromatic carbocycles. The van der Waals surface area contributed by atoms with E-state index in [0.29, 0.717) is 0 Å². The molecule has 0 aliphatic heterocycles. The molecule has 2 N–H and O–H groups in total. The van der Waals surface area contributed by atoms with Gasteiger partial charge in [0.2, 0.25) is 10.0 Å². The summed E-state index contributed by atoms with van der Waals surface area (Å²) >= 11 is 0. The minimum Gasteiger partial charge on any atom is -0.359 e. The molecule has 0 fully saturated rings. The average Bonchev–Trinajstić information content (AvgIpc) is 2.33. The molecule has 0 spiro atoms. The van der Waals surface area contributed by atoms with Gasteiger partial charge in [-0.3, -0.25) is 9.52 Å². The Hall–Kier alpha value is -1.81. The predicted octanol–water partition coefficient (Wildman–Crippen LogP) is 1.96. The van der Waals surface area contributed by atoms with Crippen molar-refractivity contribution in [2.75, 3.05) is 22.9 Å². The van der Waals surface area contributed by atoms with Gasteiger partial charge in [-0.1, -0.05) is 6.07 Å². The van der Waals surface area contributed by atoms with Crippen molar-refractivity contribution in [1.82, 2.24) is 0 Å². The SMILES string of the molecule is C[C@@H](OCC(F)(F)F)C(=O)Nc1cccc(NS(C)(=O)=O)c1. The van der Waals surface area contributed by atoms with Crippen LogP contribution in [0.1, 0.15) is 6.92 Å². The minimum atomic E-state index is -4.52. The lowest BCUT2D eigenvalue weighted by Crippen LogP contribution is -2.31. The summed E-state index contributed by atoms with van der Waals surface area (Å²) in [6.45, 7) is -0.350. The summed E-state index contributed by atoms with van der Waals surface area (Å²) < 4.78 is 64.8. The Morgan fingerprint density at radius 3 is 2.45 bits per heavy atom. The number of nitrogens with one attached hydrogen (secondary N) is 2. The second-order valence-corrected chi connectivity index (χ2v) is 6.26. The number of halogens is 3. The summed E-state index contributed by atoms with van der Waals surface area (Å²) in [4.78, 5) is 11.7. The molecule has 10 heteroatoms. The number of hydrogen-bond donors (Lipinski definition) is 2. The fourth-order valence-corrected chi connectivity index (χ4v) is 1.97. The van der Waals surface area contributed by atoms with Crippen LogP contribution in [0.5, 0.6) is 0 Å². The highest BCUT2D eigenvalue weighted by molar-refractivity contribution is 7.92. The fourth-order valence-electron chi connectivity index (χ4n) is 1.41. The smallest absolute Gasteiger partial charge is 0.359 e. The molecule has 6 nitrogen and oxygen atoms in total. The Morgan fingerprint density at radius 2 is 1.91 bits per heavy atom. The predicted molar refractivity (Wildman–Crippen MR) is 75.0 cm³/mol. The van der Waals surface area contributed by atoms with E-state index in [-0.39, 0.29) is 11.4 Å². The van der Waals surface area contributed by atoms with Crippen LogP contribution in [0.4, 0.5) is 24.5 Å². The molecular weight excluding hydrogens is 325 g/mol. The zero-order valence-electron chi connectivity index (χ0n) is 11.8. The van der Waals surface area contributed by atoms with Gasteiger partial charge in [0.25, 0.3) is 5.91 Å². The van der Waals surface area contributed by atoms with E-state index in [9.17, 15) is 26.4 Å². The van der Waals surface area contributed by atoms with E-state index in [1.807, 2.05) is 0 Å². The van der Waals surface area contributed by atoms with Crippen LogP contribution in [0.2, 0.25) is 0 Å². The molecule has 124 valence electrons. The monoisotopic (exact) mass is 340 g/mol. The molecular formula is C12H15F3N2O4S. The Balaban J connectivity index is 2.66. The number of carbonyl (C=O) groups is 1. The normalized spacial score (nSPS) is 13.5. The first-order chi connectivity index (χ1) is 9.96. The van der Waals surface area contributed by atoms with Crippen LogP contribution in [0.25, 0.3) is 0 Å². The molecule has 0 unspecified atom stereocenters. The van der Waals surface area contributed by atoms with Gasteiger partial charge in [0.05, 0.1) is 11.9 Å². The summed E-state index contributed by atoms with van der Waals surface area (Å²) in [5.74, 6) is -0.777. The third-order valence-corrected chi connectivity index (χ3v) is 2.91. The topological polar surface area (TPSA) is 84.5 Å². The Morgan fingerprint density at radius 1 is 1.32 bits per heavy atom. The molecule has 1 atom stereocenters. The molecule has 0 heterocycles. The second-order valence-electron chi connectivity index (χ2n) is 4.51. The van der Waals surface area contributed by atoms with Gasteiger partial charge in [-0.2, -0.15) is 13.2 Å². The quantitative estimate of drug-likeness (QED) is 0.829. The minimum absolute atomic E-state index is 0.212. The second kappa shape index (κ2) is 6.97. The van der Waals surface area contributed by atoms with E-state index >= 15 is 0 Å². The summed E-state index contributed by atoms with van der Waals surface area (Å²) in [5, 5.41) is 2.34. The van der Waals surface area contributed by atoms with Gasteiger partial charge in [-0.25, -0.2) is 8.42 Å². The van der Waals surface area contributed by atoms with E-state index < -0.39 is 34.8 Å². The molecule has 0 radical (unpaired) electrons. The van der Waals surface area contributed by atoms with Crippen molar-refractivity contribution >= 4 is 27.3 Å². The lowest BCUT2D eigenvalue weighted by Gasteiger charge is -2.15. The van der Waals surface area contributed by atoms with E-state index in [0.717, 1.165) is 6.26 Å². The maximum Gasteiger partial charge on any atom is 0.411 e. The third-order valence-electron chi connectivity index (χ3n) is 2.30. The van der Waals surface area contributed by atoms with Crippen molar-refractivity contribution < 1.29 is 31.1 Å². The largest absolute Gasteiger partial charge is 0.411 e. The van der Waals surface area contributed by atoms with Crippen molar-refractivity contribution in [3.8, 4) is 0 Å². The maximum absolute atomic E-state index is 12.0. The van der Waals surface area contributed by atoms with Crippen LogP contribution < -0.4 is 10.0 Å². The first-order valence-electron chi connectivity index (χ1n) is 6.03. The van der Waals surface area contributed by atoms with Gasteiger partial charge < -0.3 is 10.1 Å². The zero-order valence-corrected chi connectivity index (χ0v) is 12.6. The standard InChI is InChI=1S/C12H15F3N2O4S/c1-8(21-7-12(13,14)15)11(18)16-9-4-3-5-10(6-9)17-22(2,19)20/h3-6,8,17H,7H2,1-2H3,(H,16,18)/t8-/m1/s1. The van der Waals surface area contributed by atoms with Gasteiger partial charge in [-0.05, 0) is 25.1 Å². The van der Waals surface area contributed by atoms with Crippen LogP contribution in [0.3, 0.4) is 0 Å². The Kier molecular flexibility index (Phi) is 5.78. The summed E-state index contributed by atoms with van der Waals surface area (Å²) in [6.07, 6.45) is -4.87. The molecule has 0 aromatic heterocycles. The van der Waals surface area contributed by atoms with Crippen molar-refractivity contribution in [3.05, 3.63) is 24.3 Å². The number of ether oxygens (including phenoxy) is 1. The van der Waals surface area contributed by atoms with Gasteiger partial charge in [0.15, 0.2) is 0 Å². The third kappa shape index (κ3) is 7.27. The molecule has 0 aliphatic carbocycles. The zero-order chi connectivity index (χ0) is 17.0. The number of rotatable bonds is 6. The molecule has 1 rings (SSSR count). The fraction of sp³-hybridized carbons (Fsp3) is 0.417. The summed E-state index contributed by atoms with van der Waals surface area (Å²) in [6, 6.07) is 5.72. The number of hydrogen-bond acceptors (Lipinski definition) is 4. The van der Waals surface area contributed by atoms with Gasteiger partial charge in [0, 0.05) is 5.69 Å². The van der Waals surface area contributed by atoms with Crippen molar-refractivity contribution in [2.24, 2.45) is 0 Å². The van der Waals surface area contributed by atoms with Crippen molar-refractivity contribution in [1.29, 1.82) is 0 Å². The number of amides is 1. The lowest BCUT2D eigenvalue weighted by atomic mass is 10.2. The molecule has 22 heavy (non-hydrogen) atoms. The Bertz CT molecular complexity index is 632. The van der Waals surface area contributed by atoms with E-state index in [1.54, 1.807) is 0 Å². The highest BCUT2D eigenvalue weighted by Gasteiger charge is 2.29. The van der Waals surface area contributed by atoms with Gasteiger partial charge in [0.1, 0.15) is 12.7 Å². The van der Waals surface area contributed by atoms with E-state index in [2.05, 4.69) is 14.8 Å². The number of anilines is 2. The van der Waals surface area contributed by atoms with Crippen LogP contribution in [-0.4, -0.2) is 39.5 Å². The lowest BCUT2D eigenvalue weighted by molar-refractivity contribution is -0.184. The first-order valence-corrected chi connectivity index (χ1v) is 7.92. The Labute approximate surface area is 125 Å². The summed E-state index contributed by atoms with van der Waals surface area (Å²) in [7, 11) is -3.48. The molecule has 0 aliphatic rings. The number of carbonyl (C=O) groups excluding carboxylic acids is 1. The number of alkyl halides is 3. The maximum atomic E-state index is 12.0. The highest BCUT2D eigenvalue weighted by Crippen LogP contribution is 2.18. The molecule has 1 amide bonds. The van der Waals surface area contributed by atoms with Crippen molar-refractivity contribution in [3.63, 3.8) is 0 Å². The van der Waals surface area contributed by atoms with Crippen molar-refractivity contribution in [2.45, 2.75) is 19.2 Å². The molecule has 1 aromatic rings. The number of benzene rings is 1. The van der Waals surface area contributed by atoms with Crippen LogP contribution in [0, 0.1) is 0 Å². The summed E-state index contributed by atoms with van der Waals surface area (Å²) in [5.41, 5.74) is 0.435. The van der Waals surface area contributed by atoms with E-state index in [1.165, 1.54) is 31.2 Å². The van der Waals surface area contributed by atoms with Crippen LogP contribution in [-0.2, 0) is 19.6 Å². The highest BCUT2D eigenvalue weighted by atomic mass is 32.2. The van der Waals surface area contributed by atoms with Gasteiger partial charge >= 0.3 is 6.18 Å². The van der Waals surface area contributed by atoms with Crippen LogP contribution >= 0.6 is 0 Å². The average molecular weight is 340 g/mol. The molecule has 0 bridgehead atoms. The molecule has 0 saturated heterocycles.